The maximum Gasteiger partial charge on any atom is 0.157 e. The number of hydrogen-bond donors (Lipinski definition) is 1. The van der Waals surface area contributed by atoms with E-state index in [1.165, 1.54) is 0 Å². The number of aryl methyl sites for hydroxylation is 1. The minimum Gasteiger partial charge on any atom is -0.490 e. The molecule has 5 nitrogen and oxygen atoms in total. The molecule has 0 spiro atoms. The van der Waals surface area contributed by atoms with Gasteiger partial charge in [0.2, 0.25) is 0 Å². The van der Waals surface area contributed by atoms with Crippen LogP contribution in [0.4, 0.5) is 0 Å². The molecule has 0 saturated carbocycles. The maximum atomic E-state index is 5.65. The van der Waals surface area contributed by atoms with Crippen molar-refractivity contribution >= 4 is 0 Å². The summed E-state index contributed by atoms with van der Waals surface area (Å²) in [6, 6.07) is 7.75. The first kappa shape index (κ1) is 13.4. The Morgan fingerprint density at radius 2 is 2.00 bits per heavy atom. The molecule has 5 heteroatoms. The van der Waals surface area contributed by atoms with Gasteiger partial charge < -0.3 is 15.2 Å². The van der Waals surface area contributed by atoms with Gasteiger partial charge in [-0.3, -0.25) is 4.68 Å². The van der Waals surface area contributed by atoms with E-state index >= 15 is 0 Å². The van der Waals surface area contributed by atoms with Crippen LogP contribution in [-0.2, 0) is 13.1 Å². The molecular formula is C14H19N3O2. The van der Waals surface area contributed by atoms with Crippen LogP contribution in [0, 0.1) is 0 Å². The van der Waals surface area contributed by atoms with E-state index in [0.29, 0.717) is 19.8 Å². The molecule has 1 aromatic carbocycles. The summed E-state index contributed by atoms with van der Waals surface area (Å²) in [6.45, 7) is 4.30. The Hall–Kier alpha value is -2.01. The van der Waals surface area contributed by atoms with Gasteiger partial charge in [-0.1, -0.05) is 18.2 Å². The summed E-state index contributed by atoms with van der Waals surface area (Å²) in [5.41, 5.74) is 6.64. The van der Waals surface area contributed by atoms with Crippen molar-refractivity contribution in [2.75, 3.05) is 13.2 Å². The highest BCUT2D eigenvalue weighted by Gasteiger charge is 2.01. The maximum absolute atomic E-state index is 5.65. The molecular weight excluding hydrogens is 242 g/mol. The molecule has 0 unspecified atom stereocenters. The van der Waals surface area contributed by atoms with Crippen LogP contribution in [0.5, 0.6) is 11.5 Å². The number of aromatic nitrogens is 2. The largest absolute Gasteiger partial charge is 0.490 e. The van der Waals surface area contributed by atoms with E-state index in [9.17, 15) is 0 Å². The third-order valence-corrected chi connectivity index (χ3v) is 2.74. The zero-order chi connectivity index (χ0) is 13.5. The summed E-state index contributed by atoms with van der Waals surface area (Å²) in [5.74, 6) is 1.58. The van der Waals surface area contributed by atoms with Gasteiger partial charge in [-0.05, 0) is 13.0 Å². The summed E-state index contributed by atoms with van der Waals surface area (Å²) >= 11 is 0. The number of nitrogens with zero attached hydrogens (tertiary/aromatic N) is 2. The summed E-state index contributed by atoms with van der Waals surface area (Å²) < 4.78 is 13.0. The van der Waals surface area contributed by atoms with Crippen LogP contribution < -0.4 is 15.2 Å². The zero-order valence-electron chi connectivity index (χ0n) is 11.1. The normalized spacial score (nSPS) is 10.4. The van der Waals surface area contributed by atoms with Crippen molar-refractivity contribution in [3.63, 3.8) is 0 Å². The third-order valence-electron chi connectivity index (χ3n) is 2.74. The fourth-order valence-electron chi connectivity index (χ4n) is 1.72. The SMILES string of the molecule is CCn1cc(OCCOc2ccccc2CN)cn1. The van der Waals surface area contributed by atoms with Gasteiger partial charge in [0, 0.05) is 18.7 Å². The lowest BCUT2D eigenvalue weighted by molar-refractivity contribution is 0.216. The summed E-state index contributed by atoms with van der Waals surface area (Å²) in [4.78, 5) is 0. The average Bonchev–Trinajstić information content (AvgIpc) is 2.92. The van der Waals surface area contributed by atoms with Gasteiger partial charge in [0.25, 0.3) is 0 Å². The van der Waals surface area contributed by atoms with Gasteiger partial charge in [-0.15, -0.1) is 0 Å². The van der Waals surface area contributed by atoms with Crippen molar-refractivity contribution in [3.05, 3.63) is 42.2 Å². The lowest BCUT2D eigenvalue weighted by Gasteiger charge is -2.10. The molecule has 2 rings (SSSR count). The first-order chi connectivity index (χ1) is 9.33. The molecule has 0 bridgehead atoms. The second-order valence-corrected chi connectivity index (χ2v) is 4.04. The van der Waals surface area contributed by atoms with E-state index in [2.05, 4.69) is 5.10 Å². The van der Waals surface area contributed by atoms with E-state index < -0.39 is 0 Å². The standard InChI is InChI=1S/C14H19N3O2/c1-2-17-11-13(10-16-17)18-7-8-19-14-6-4-3-5-12(14)9-15/h3-6,10-11H,2,7-9,15H2,1H3. The van der Waals surface area contributed by atoms with Crippen LogP contribution in [0.25, 0.3) is 0 Å². The Morgan fingerprint density at radius 1 is 1.21 bits per heavy atom. The van der Waals surface area contributed by atoms with Gasteiger partial charge in [-0.25, -0.2) is 0 Å². The van der Waals surface area contributed by atoms with E-state index in [0.717, 1.165) is 23.6 Å². The van der Waals surface area contributed by atoms with Crippen LogP contribution in [-0.4, -0.2) is 23.0 Å². The number of benzene rings is 1. The molecule has 1 aromatic heterocycles. The Balaban J connectivity index is 1.77. The lowest BCUT2D eigenvalue weighted by atomic mass is 10.2. The topological polar surface area (TPSA) is 62.3 Å². The quantitative estimate of drug-likeness (QED) is 0.772. The molecule has 0 aliphatic rings. The molecule has 2 aromatic rings. The summed E-state index contributed by atoms with van der Waals surface area (Å²) in [6.07, 6.45) is 3.57. The number of nitrogens with two attached hydrogens (primary N) is 1. The Morgan fingerprint density at radius 3 is 2.74 bits per heavy atom. The second-order valence-electron chi connectivity index (χ2n) is 4.04. The van der Waals surface area contributed by atoms with Crippen LogP contribution in [0.2, 0.25) is 0 Å². The van der Waals surface area contributed by atoms with E-state index in [4.69, 9.17) is 15.2 Å². The predicted molar refractivity (Wildman–Crippen MR) is 73.2 cm³/mol. The van der Waals surface area contributed by atoms with Crippen LogP contribution in [0.15, 0.2) is 36.7 Å². The van der Waals surface area contributed by atoms with Crippen molar-refractivity contribution in [2.24, 2.45) is 5.73 Å². The van der Waals surface area contributed by atoms with Crippen LogP contribution >= 0.6 is 0 Å². The Bertz CT molecular complexity index is 511. The van der Waals surface area contributed by atoms with Crippen molar-refractivity contribution in [3.8, 4) is 11.5 Å². The van der Waals surface area contributed by atoms with E-state index in [-0.39, 0.29) is 0 Å². The highest BCUT2D eigenvalue weighted by atomic mass is 16.5. The van der Waals surface area contributed by atoms with Crippen molar-refractivity contribution in [1.29, 1.82) is 0 Å². The van der Waals surface area contributed by atoms with Gasteiger partial charge in [0.15, 0.2) is 5.75 Å². The fourth-order valence-corrected chi connectivity index (χ4v) is 1.72. The number of hydrogen-bond acceptors (Lipinski definition) is 4. The molecule has 0 saturated heterocycles. The van der Waals surface area contributed by atoms with Gasteiger partial charge in [-0.2, -0.15) is 5.10 Å². The van der Waals surface area contributed by atoms with Crippen LogP contribution in [0.3, 0.4) is 0 Å². The van der Waals surface area contributed by atoms with Gasteiger partial charge in [0.1, 0.15) is 19.0 Å². The van der Waals surface area contributed by atoms with Crippen molar-refractivity contribution < 1.29 is 9.47 Å². The van der Waals surface area contributed by atoms with E-state index in [1.807, 2.05) is 42.1 Å². The average molecular weight is 261 g/mol. The smallest absolute Gasteiger partial charge is 0.157 e. The third kappa shape index (κ3) is 3.72. The number of para-hydroxylation sites is 1. The Kier molecular flexibility index (Phi) is 4.80. The second kappa shape index (κ2) is 6.80. The minimum atomic E-state index is 0.473. The number of rotatable bonds is 7. The first-order valence-corrected chi connectivity index (χ1v) is 6.39. The minimum absolute atomic E-state index is 0.473. The molecule has 0 radical (unpaired) electrons. The highest BCUT2D eigenvalue weighted by molar-refractivity contribution is 5.32. The summed E-state index contributed by atoms with van der Waals surface area (Å²) in [7, 11) is 0. The monoisotopic (exact) mass is 261 g/mol. The first-order valence-electron chi connectivity index (χ1n) is 6.39. The lowest BCUT2D eigenvalue weighted by Crippen LogP contribution is -2.10. The highest BCUT2D eigenvalue weighted by Crippen LogP contribution is 2.17. The molecule has 0 fully saturated rings. The van der Waals surface area contributed by atoms with Crippen molar-refractivity contribution in [2.45, 2.75) is 20.0 Å². The predicted octanol–water partition coefficient (Wildman–Crippen LogP) is 1.82. The molecule has 19 heavy (non-hydrogen) atoms. The Labute approximate surface area is 112 Å². The molecule has 2 N–H and O–H groups in total. The van der Waals surface area contributed by atoms with Gasteiger partial charge in [0.05, 0.1) is 12.4 Å². The van der Waals surface area contributed by atoms with Crippen molar-refractivity contribution in [1.82, 2.24) is 9.78 Å². The van der Waals surface area contributed by atoms with Crippen LogP contribution in [0.1, 0.15) is 12.5 Å². The fraction of sp³-hybridized carbons (Fsp3) is 0.357. The molecule has 102 valence electrons. The molecule has 1 heterocycles. The number of ether oxygens (including phenoxy) is 2. The molecule has 0 atom stereocenters. The van der Waals surface area contributed by atoms with E-state index in [1.54, 1.807) is 6.20 Å². The molecule has 0 aliphatic carbocycles. The molecule has 0 amide bonds. The van der Waals surface area contributed by atoms with Gasteiger partial charge >= 0.3 is 0 Å². The molecule has 0 aliphatic heterocycles. The summed E-state index contributed by atoms with van der Waals surface area (Å²) in [5, 5.41) is 4.13. The zero-order valence-corrected chi connectivity index (χ0v) is 11.1.